The van der Waals surface area contributed by atoms with Crippen molar-refractivity contribution in [3.05, 3.63) is 15.9 Å². The summed E-state index contributed by atoms with van der Waals surface area (Å²) in [7, 11) is 1.88. The van der Waals surface area contributed by atoms with E-state index < -0.39 is 6.04 Å². The SMILES string of the molecule is CCc1nn(C)c(CN2CCC(=O)NC(CC)C2=O)c1Br. The highest BCUT2D eigenvalue weighted by atomic mass is 79.9. The van der Waals surface area contributed by atoms with Gasteiger partial charge < -0.3 is 10.2 Å². The monoisotopic (exact) mass is 356 g/mol. The van der Waals surface area contributed by atoms with Crippen LogP contribution in [-0.4, -0.2) is 39.1 Å². The standard InChI is InChI=1S/C14H21BrN4O2/c1-4-9-13(15)11(18(3)17-9)8-19-7-6-12(20)16-10(5-2)14(19)21/h10H,4-8H2,1-3H3,(H,16,20). The lowest BCUT2D eigenvalue weighted by molar-refractivity contribution is -0.134. The second-order valence-electron chi connectivity index (χ2n) is 5.22. The van der Waals surface area contributed by atoms with Crippen molar-refractivity contribution in [1.29, 1.82) is 0 Å². The van der Waals surface area contributed by atoms with E-state index in [1.165, 1.54) is 0 Å². The summed E-state index contributed by atoms with van der Waals surface area (Å²) in [6.45, 7) is 4.86. The van der Waals surface area contributed by atoms with Crippen LogP contribution in [0.4, 0.5) is 0 Å². The summed E-state index contributed by atoms with van der Waals surface area (Å²) in [5.74, 6) is -0.0782. The molecule has 2 heterocycles. The molecule has 2 amide bonds. The number of halogens is 1. The molecule has 21 heavy (non-hydrogen) atoms. The molecule has 0 bridgehead atoms. The van der Waals surface area contributed by atoms with Crippen LogP contribution in [0.2, 0.25) is 0 Å². The molecule has 1 N–H and O–H groups in total. The minimum atomic E-state index is -0.419. The lowest BCUT2D eigenvalue weighted by atomic mass is 10.2. The number of nitrogens with one attached hydrogen (secondary N) is 1. The van der Waals surface area contributed by atoms with Crippen molar-refractivity contribution in [2.75, 3.05) is 6.54 Å². The molecule has 1 fully saturated rings. The van der Waals surface area contributed by atoms with E-state index in [4.69, 9.17) is 0 Å². The smallest absolute Gasteiger partial charge is 0.245 e. The van der Waals surface area contributed by atoms with Gasteiger partial charge in [-0.05, 0) is 28.8 Å². The van der Waals surface area contributed by atoms with Crippen LogP contribution >= 0.6 is 15.9 Å². The average molecular weight is 357 g/mol. The van der Waals surface area contributed by atoms with E-state index in [0.717, 1.165) is 22.3 Å². The fraction of sp³-hybridized carbons (Fsp3) is 0.643. The maximum atomic E-state index is 12.5. The van der Waals surface area contributed by atoms with E-state index in [-0.39, 0.29) is 11.8 Å². The van der Waals surface area contributed by atoms with Crippen molar-refractivity contribution in [3.63, 3.8) is 0 Å². The number of aryl methyl sites for hydroxylation is 2. The third kappa shape index (κ3) is 3.28. The molecule has 0 spiro atoms. The van der Waals surface area contributed by atoms with Gasteiger partial charge in [0, 0.05) is 20.0 Å². The number of amides is 2. The topological polar surface area (TPSA) is 67.2 Å². The molecule has 7 heteroatoms. The second-order valence-corrected chi connectivity index (χ2v) is 6.02. The second kappa shape index (κ2) is 6.60. The molecular formula is C14H21BrN4O2. The molecule has 1 atom stereocenters. The summed E-state index contributed by atoms with van der Waals surface area (Å²) < 4.78 is 2.76. The summed E-state index contributed by atoms with van der Waals surface area (Å²) in [5.41, 5.74) is 1.94. The van der Waals surface area contributed by atoms with Gasteiger partial charge in [-0.3, -0.25) is 14.3 Å². The molecule has 6 nitrogen and oxygen atoms in total. The van der Waals surface area contributed by atoms with Crippen molar-refractivity contribution >= 4 is 27.7 Å². The maximum absolute atomic E-state index is 12.5. The molecule has 1 aromatic heterocycles. The number of carbonyl (C=O) groups is 2. The van der Waals surface area contributed by atoms with E-state index >= 15 is 0 Å². The normalized spacial score (nSPS) is 19.6. The van der Waals surface area contributed by atoms with Gasteiger partial charge in [-0.25, -0.2) is 0 Å². The first-order valence-electron chi connectivity index (χ1n) is 7.26. The van der Waals surface area contributed by atoms with E-state index in [0.29, 0.717) is 25.9 Å². The molecule has 2 rings (SSSR count). The number of hydrogen-bond donors (Lipinski definition) is 1. The lowest BCUT2D eigenvalue weighted by Crippen LogP contribution is -2.44. The highest BCUT2D eigenvalue weighted by Crippen LogP contribution is 2.23. The number of hydrogen-bond acceptors (Lipinski definition) is 3. The molecule has 0 aliphatic carbocycles. The fourth-order valence-corrected chi connectivity index (χ4v) is 3.24. The predicted octanol–water partition coefficient (Wildman–Crippen LogP) is 1.37. The van der Waals surface area contributed by atoms with Crippen molar-refractivity contribution in [2.45, 2.75) is 45.7 Å². The van der Waals surface area contributed by atoms with Gasteiger partial charge >= 0.3 is 0 Å². The Balaban J connectivity index is 2.23. The van der Waals surface area contributed by atoms with Gasteiger partial charge in [0.05, 0.1) is 22.4 Å². The van der Waals surface area contributed by atoms with E-state index in [1.807, 2.05) is 20.9 Å². The van der Waals surface area contributed by atoms with Crippen LogP contribution < -0.4 is 5.32 Å². The third-order valence-electron chi connectivity index (χ3n) is 3.81. The van der Waals surface area contributed by atoms with Crippen molar-refractivity contribution < 1.29 is 9.59 Å². The van der Waals surface area contributed by atoms with Crippen molar-refractivity contribution in [1.82, 2.24) is 20.0 Å². The van der Waals surface area contributed by atoms with Crippen LogP contribution in [-0.2, 0) is 29.6 Å². The number of aromatic nitrogens is 2. The molecule has 1 saturated heterocycles. The molecule has 0 radical (unpaired) electrons. The van der Waals surface area contributed by atoms with Crippen LogP contribution in [0.15, 0.2) is 4.47 Å². The summed E-state index contributed by atoms with van der Waals surface area (Å²) in [6.07, 6.45) is 1.78. The Labute approximate surface area is 133 Å². The quantitative estimate of drug-likeness (QED) is 0.885. The van der Waals surface area contributed by atoms with Gasteiger partial charge in [0.25, 0.3) is 0 Å². The Morgan fingerprint density at radius 3 is 2.67 bits per heavy atom. The minimum Gasteiger partial charge on any atom is -0.344 e. The number of rotatable bonds is 4. The van der Waals surface area contributed by atoms with Gasteiger partial charge in [-0.2, -0.15) is 5.10 Å². The molecule has 1 aromatic rings. The first-order chi connectivity index (χ1) is 9.97. The van der Waals surface area contributed by atoms with E-state index in [9.17, 15) is 9.59 Å². The van der Waals surface area contributed by atoms with Crippen molar-refractivity contribution in [2.24, 2.45) is 7.05 Å². The van der Waals surface area contributed by atoms with Crippen molar-refractivity contribution in [3.8, 4) is 0 Å². The maximum Gasteiger partial charge on any atom is 0.245 e. The summed E-state index contributed by atoms with van der Waals surface area (Å²) >= 11 is 3.57. The highest BCUT2D eigenvalue weighted by molar-refractivity contribution is 9.10. The van der Waals surface area contributed by atoms with Crippen LogP contribution in [0.3, 0.4) is 0 Å². The van der Waals surface area contributed by atoms with Gasteiger partial charge in [0.15, 0.2) is 0 Å². The van der Waals surface area contributed by atoms with Gasteiger partial charge in [-0.1, -0.05) is 13.8 Å². The van der Waals surface area contributed by atoms with Gasteiger partial charge in [0.2, 0.25) is 11.8 Å². The Morgan fingerprint density at radius 1 is 1.38 bits per heavy atom. The van der Waals surface area contributed by atoms with Gasteiger partial charge in [-0.15, -0.1) is 0 Å². The molecule has 1 unspecified atom stereocenters. The average Bonchev–Trinajstić information content (AvgIpc) is 2.65. The van der Waals surface area contributed by atoms with E-state index in [1.54, 1.807) is 9.58 Å². The summed E-state index contributed by atoms with van der Waals surface area (Å²) in [5, 5.41) is 7.22. The molecule has 0 saturated carbocycles. The molecule has 1 aliphatic rings. The zero-order valence-corrected chi connectivity index (χ0v) is 14.2. The van der Waals surface area contributed by atoms with E-state index in [2.05, 4.69) is 26.3 Å². The number of carbonyl (C=O) groups excluding carboxylic acids is 2. The summed E-state index contributed by atoms with van der Waals surface area (Å²) in [6, 6.07) is -0.419. The first kappa shape index (κ1) is 16.0. The molecule has 0 aromatic carbocycles. The zero-order chi connectivity index (χ0) is 15.6. The molecule has 1 aliphatic heterocycles. The van der Waals surface area contributed by atoms with Crippen LogP contribution in [0.1, 0.15) is 38.1 Å². The molecular weight excluding hydrogens is 336 g/mol. The Morgan fingerprint density at radius 2 is 2.10 bits per heavy atom. The van der Waals surface area contributed by atoms with Crippen LogP contribution in [0.5, 0.6) is 0 Å². The number of nitrogens with zero attached hydrogens (tertiary/aromatic N) is 3. The summed E-state index contributed by atoms with van der Waals surface area (Å²) in [4.78, 5) is 25.9. The third-order valence-corrected chi connectivity index (χ3v) is 4.72. The zero-order valence-electron chi connectivity index (χ0n) is 12.6. The Kier molecular flexibility index (Phi) is 5.03. The van der Waals surface area contributed by atoms with Crippen LogP contribution in [0, 0.1) is 0 Å². The first-order valence-corrected chi connectivity index (χ1v) is 8.05. The largest absolute Gasteiger partial charge is 0.344 e. The Hall–Kier alpha value is -1.37. The molecule has 116 valence electrons. The van der Waals surface area contributed by atoms with Crippen LogP contribution in [0.25, 0.3) is 0 Å². The lowest BCUT2D eigenvalue weighted by Gasteiger charge is -2.23. The highest BCUT2D eigenvalue weighted by Gasteiger charge is 2.29. The minimum absolute atomic E-state index is 0.0190. The predicted molar refractivity (Wildman–Crippen MR) is 82.5 cm³/mol. The van der Waals surface area contributed by atoms with Gasteiger partial charge in [0.1, 0.15) is 6.04 Å². The fourth-order valence-electron chi connectivity index (χ4n) is 2.50. The Bertz CT molecular complexity index is 555.